The summed E-state index contributed by atoms with van der Waals surface area (Å²) in [6.07, 6.45) is 5.05. The number of aromatic nitrogens is 1. The zero-order valence-corrected chi connectivity index (χ0v) is 17.1. The van der Waals surface area contributed by atoms with Crippen molar-refractivity contribution < 1.29 is 14.0 Å². The van der Waals surface area contributed by atoms with Crippen LogP contribution in [0.1, 0.15) is 36.5 Å². The van der Waals surface area contributed by atoms with Gasteiger partial charge in [0.05, 0.1) is 0 Å². The molecule has 0 bridgehead atoms. The Morgan fingerprint density at radius 1 is 1.10 bits per heavy atom. The van der Waals surface area contributed by atoms with Crippen LogP contribution in [0, 0.1) is 5.82 Å². The molecule has 1 aromatic carbocycles. The van der Waals surface area contributed by atoms with Gasteiger partial charge in [-0.25, -0.2) is 4.39 Å². The zero-order chi connectivity index (χ0) is 21.5. The number of anilines is 1. The van der Waals surface area contributed by atoms with Gasteiger partial charge in [0.2, 0.25) is 5.91 Å². The van der Waals surface area contributed by atoms with E-state index in [1.54, 1.807) is 6.07 Å². The molecule has 8 heteroatoms. The molecule has 0 spiro atoms. The molecule has 1 saturated heterocycles. The molecule has 0 unspecified atom stereocenters. The Labute approximate surface area is 174 Å². The Kier molecular flexibility index (Phi) is 7.35. The van der Waals surface area contributed by atoms with Gasteiger partial charge in [0.1, 0.15) is 17.9 Å². The lowest BCUT2D eigenvalue weighted by molar-refractivity contribution is -0.116. The number of benzene rings is 1. The summed E-state index contributed by atoms with van der Waals surface area (Å²) in [6.45, 7) is 4.47. The molecule has 2 heterocycles. The molecule has 160 valence electrons. The van der Waals surface area contributed by atoms with Crippen molar-refractivity contribution in [1.29, 1.82) is 0 Å². The molecule has 2 aromatic rings. The molecule has 0 aliphatic carbocycles. The third kappa shape index (κ3) is 6.00. The van der Waals surface area contributed by atoms with E-state index in [-0.39, 0.29) is 18.2 Å². The third-order valence-electron chi connectivity index (χ3n) is 5.06. The normalized spacial score (nSPS) is 15.4. The topological polar surface area (TPSA) is 83.4 Å². The number of amides is 2. The molecule has 3 rings (SSSR count). The predicted octanol–water partition coefficient (Wildman–Crippen LogP) is 2.23. The molecule has 0 radical (unpaired) electrons. The van der Waals surface area contributed by atoms with E-state index < -0.39 is 23.2 Å². The van der Waals surface area contributed by atoms with E-state index in [1.165, 1.54) is 60.4 Å². The molecule has 2 N–H and O–H groups in total. The fourth-order valence-corrected chi connectivity index (χ4v) is 3.60. The van der Waals surface area contributed by atoms with Crippen molar-refractivity contribution >= 4 is 17.5 Å². The van der Waals surface area contributed by atoms with Crippen LogP contribution < -0.4 is 16.2 Å². The van der Waals surface area contributed by atoms with Crippen LogP contribution in [0.5, 0.6) is 0 Å². The molecule has 1 aliphatic heterocycles. The van der Waals surface area contributed by atoms with Crippen molar-refractivity contribution in [2.45, 2.75) is 38.8 Å². The van der Waals surface area contributed by atoms with Crippen LogP contribution in [0.25, 0.3) is 0 Å². The summed E-state index contributed by atoms with van der Waals surface area (Å²) >= 11 is 0. The van der Waals surface area contributed by atoms with Gasteiger partial charge < -0.3 is 20.1 Å². The van der Waals surface area contributed by atoms with E-state index in [0.717, 1.165) is 19.6 Å². The molecule has 2 amide bonds. The van der Waals surface area contributed by atoms with Crippen LogP contribution in [0.15, 0.2) is 47.4 Å². The lowest BCUT2D eigenvalue weighted by Gasteiger charge is -2.29. The number of rotatable bonds is 7. The van der Waals surface area contributed by atoms with Crippen LogP contribution >= 0.6 is 0 Å². The predicted molar refractivity (Wildman–Crippen MR) is 113 cm³/mol. The van der Waals surface area contributed by atoms with Crippen molar-refractivity contribution in [3.63, 3.8) is 0 Å². The maximum atomic E-state index is 13.0. The van der Waals surface area contributed by atoms with Crippen molar-refractivity contribution in [2.75, 3.05) is 25.0 Å². The zero-order valence-electron chi connectivity index (χ0n) is 17.1. The fraction of sp³-hybridized carbons (Fsp3) is 0.409. The summed E-state index contributed by atoms with van der Waals surface area (Å²) in [6, 6.07) is 8.27. The van der Waals surface area contributed by atoms with Gasteiger partial charge in [0, 0.05) is 24.5 Å². The van der Waals surface area contributed by atoms with E-state index in [1.807, 2.05) is 6.92 Å². The quantitative estimate of drug-likeness (QED) is 0.728. The Morgan fingerprint density at radius 2 is 1.80 bits per heavy atom. The first-order valence-corrected chi connectivity index (χ1v) is 10.2. The molecular weight excluding hydrogens is 387 g/mol. The van der Waals surface area contributed by atoms with Gasteiger partial charge in [-0.3, -0.25) is 14.4 Å². The number of pyridine rings is 1. The summed E-state index contributed by atoms with van der Waals surface area (Å²) in [5.74, 6) is -1.30. The van der Waals surface area contributed by atoms with Gasteiger partial charge in [-0.2, -0.15) is 0 Å². The Hall–Kier alpha value is -3.00. The average Bonchev–Trinajstić information content (AvgIpc) is 2.72. The summed E-state index contributed by atoms with van der Waals surface area (Å²) in [4.78, 5) is 39.8. The number of carbonyl (C=O) groups is 2. The van der Waals surface area contributed by atoms with Crippen molar-refractivity contribution in [3.8, 4) is 0 Å². The maximum Gasteiger partial charge on any atom is 0.263 e. The van der Waals surface area contributed by atoms with E-state index in [4.69, 9.17) is 0 Å². The maximum absolute atomic E-state index is 13.0. The average molecular weight is 414 g/mol. The number of hydrogen-bond acceptors (Lipinski definition) is 4. The minimum Gasteiger partial charge on any atom is -0.348 e. The highest BCUT2D eigenvalue weighted by molar-refractivity contribution is 5.94. The molecule has 1 aliphatic rings. The molecule has 0 saturated carbocycles. The van der Waals surface area contributed by atoms with Gasteiger partial charge in [0.25, 0.3) is 11.5 Å². The summed E-state index contributed by atoms with van der Waals surface area (Å²) in [7, 11) is 0. The smallest absolute Gasteiger partial charge is 0.263 e. The van der Waals surface area contributed by atoms with Crippen LogP contribution in [0.2, 0.25) is 0 Å². The van der Waals surface area contributed by atoms with E-state index in [0.29, 0.717) is 5.69 Å². The first kappa shape index (κ1) is 21.7. The summed E-state index contributed by atoms with van der Waals surface area (Å²) in [5.41, 5.74) is -0.109. The van der Waals surface area contributed by atoms with Crippen LogP contribution in [0.4, 0.5) is 10.1 Å². The second kappa shape index (κ2) is 10.2. The van der Waals surface area contributed by atoms with E-state index in [9.17, 15) is 18.8 Å². The van der Waals surface area contributed by atoms with Crippen LogP contribution in [-0.2, 0) is 11.3 Å². The summed E-state index contributed by atoms with van der Waals surface area (Å²) in [5, 5.41) is 5.48. The van der Waals surface area contributed by atoms with Crippen molar-refractivity contribution in [2.24, 2.45) is 0 Å². The highest BCUT2D eigenvalue weighted by Crippen LogP contribution is 2.09. The Balaban J connectivity index is 1.60. The molecule has 1 aromatic heterocycles. The SMILES string of the molecule is C[C@H](CN1CCCCC1)NC(=O)c1cccn(CC(=O)Nc2ccc(F)cc2)c1=O. The Morgan fingerprint density at radius 3 is 2.50 bits per heavy atom. The van der Waals surface area contributed by atoms with Crippen LogP contribution in [-0.4, -0.2) is 47.0 Å². The van der Waals surface area contributed by atoms with Gasteiger partial charge >= 0.3 is 0 Å². The minimum atomic E-state index is -0.533. The number of piperidine rings is 1. The summed E-state index contributed by atoms with van der Waals surface area (Å²) < 4.78 is 14.2. The first-order chi connectivity index (χ1) is 14.4. The van der Waals surface area contributed by atoms with Crippen molar-refractivity contribution in [1.82, 2.24) is 14.8 Å². The molecule has 1 atom stereocenters. The van der Waals surface area contributed by atoms with Gasteiger partial charge in [-0.15, -0.1) is 0 Å². The fourth-order valence-electron chi connectivity index (χ4n) is 3.60. The first-order valence-electron chi connectivity index (χ1n) is 10.2. The minimum absolute atomic E-state index is 0.00224. The number of nitrogens with zero attached hydrogens (tertiary/aromatic N) is 2. The molecule has 7 nitrogen and oxygen atoms in total. The van der Waals surface area contributed by atoms with Crippen LogP contribution in [0.3, 0.4) is 0 Å². The van der Waals surface area contributed by atoms with E-state index >= 15 is 0 Å². The number of hydrogen-bond donors (Lipinski definition) is 2. The lowest BCUT2D eigenvalue weighted by atomic mass is 10.1. The molecule has 1 fully saturated rings. The highest BCUT2D eigenvalue weighted by atomic mass is 19.1. The third-order valence-corrected chi connectivity index (χ3v) is 5.06. The second-order valence-electron chi connectivity index (χ2n) is 7.65. The van der Waals surface area contributed by atoms with Gasteiger partial charge in [-0.1, -0.05) is 6.42 Å². The monoisotopic (exact) mass is 414 g/mol. The van der Waals surface area contributed by atoms with E-state index in [2.05, 4.69) is 15.5 Å². The lowest BCUT2D eigenvalue weighted by Crippen LogP contribution is -2.45. The second-order valence-corrected chi connectivity index (χ2v) is 7.65. The Bertz CT molecular complexity index is 936. The standard InChI is InChI=1S/C22H27FN4O3/c1-16(14-26-11-3-2-4-12-26)24-21(29)19-6-5-13-27(22(19)30)15-20(28)25-18-9-7-17(23)8-10-18/h5-10,13,16H,2-4,11-12,14-15H2,1H3,(H,24,29)(H,25,28)/t16-/m1/s1. The number of likely N-dealkylation sites (tertiary alicyclic amines) is 1. The number of nitrogens with one attached hydrogen (secondary N) is 2. The molecule has 30 heavy (non-hydrogen) atoms. The largest absolute Gasteiger partial charge is 0.348 e. The number of halogens is 1. The highest BCUT2D eigenvalue weighted by Gasteiger charge is 2.18. The molecular formula is C22H27FN4O3. The number of carbonyl (C=O) groups excluding carboxylic acids is 2. The van der Waals surface area contributed by atoms with Gasteiger partial charge in [0.15, 0.2) is 0 Å². The van der Waals surface area contributed by atoms with Gasteiger partial charge in [-0.05, 0) is 69.3 Å². The van der Waals surface area contributed by atoms with Crippen molar-refractivity contribution in [3.05, 3.63) is 64.3 Å².